The van der Waals surface area contributed by atoms with E-state index in [1.165, 1.54) is 11.3 Å². The van der Waals surface area contributed by atoms with E-state index in [-0.39, 0.29) is 5.91 Å². The molecule has 2 heterocycles. The minimum Gasteiger partial charge on any atom is -0.490 e. The number of benzene rings is 1. The van der Waals surface area contributed by atoms with Crippen LogP contribution in [0, 0.1) is 0 Å². The Morgan fingerprint density at radius 1 is 1.16 bits per heavy atom. The largest absolute Gasteiger partial charge is 0.490 e. The van der Waals surface area contributed by atoms with E-state index in [9.17, 15) is 4.79 Å². The van der Waals surface area contributed by atoms with Crippen LogP contribution in [-0.2, 0) is 0 Å². The fraction of sp³-hybridized carbons (Fsp3) is 0.214. The number of thiophene rings is 1. The molecule has 19 heavy (non-hydrogen) atoms. The minimum absolute atomic E-state index is 0.107. The third-order valence-electron chi connectivity index (χ3n) is 2.75. The number of rotatable bonds is 2. The number of carbonyl (C=O) groups is 1. The van der Waals surface area contributed by atoms with E-state index in [0.717, 1.165) is 12.2 Å². The molecule has 0 saturated heterocycles. The van der Waals surface area contributed by atoms with Crippen LogP contribution in [0.15, 0.2) is 35.7 Å². The van der Waals surface area contributed by atoms with E-state index in [2.05, 4.69) is 5.32 Å². The molecule has 0 saturated carbocycles. The molecule has 4 nitrogen and oxygen atoms in total. The Morgan fingerprint density at radius 3 is 2.79 bits per heavy atom. The van der Waals surface area contributed by atoms with Crippen molar-refractivity contribution in [1.29, 1.82) is 0 Å². The topological polar surface area (TPSA) is 47.6 Å². The fourth-order valence-corrected chi connectivity index (χ4v) is 2.46. The summed E-state index contributed by atoms with van der Waals surface area (Å²) in [5, 5.41) is 4.73. The van der Waals surface area contributed by atoms with Crippen molar-refractivity contribution in [2.75, 3.05) is 18.5 Å². The number of carbonyl (C=O) groups excluding carboxylic acids is 1. The standard InChI is InChI=1S/C14H13NO3S/c16-14(13-3-1-8-19-13)15-10-4-5-11-12(9-10)18-7-2-6-17-11/h1,3-5,8-9H,2,6-7H2,(H,15,16). The maximum absolute atomic E-state index is 11.9. The van der Waals surface area contributed by atoms with E-state index in [4.69, 9.17) is 9.47 Å². The number of anilines is 1. The van der Waals surface area contributed by atoms with E-state index in [1.54, 1.807) is 12.1 Å². The summed E-state index contributed by atoms with van der Waals surface area (Å²) in [6.07, 6.45) is 0.867. The number of nitrogens with one attached hydrogen (secondary N) is 1. The summed E-state index contributed by atoms with van der Waals surface area (Å²) in [5.41, 5.74) is 0.711. The predicted octanol–water partition coefficient (Wildman–Crippen LogP) is 3.16. The molecule has 3 rings (SSSR count). The van der Waals surface area contributed by atoms with Crippen molar-refractivity contribution in [3.8, 4) is 11.5 Å². The first-order chi connectivity index (χ1) is 9.33. The van der Waals surface area contributed by atoms with Gasteiger partial charge in [0.05, 0.1) is 18.1 Å². The van der Waals surface area contributed by atoms with Crippen LogP contribution in [0.2, 0.25) is 0 Å². The van der Waals surface area contributed by atoms with E-state index in [0.29, 0.717) is 29.5 Å². The van der Waals surface area contributed by atoms with Crippen molar-refractivity contribution >= 4 is 22.9 Å². The van der Waals surface area contributed by atoms with Crippen LogP contribution in [0.5, 0.6) is 11.5 Å². The molecular weight excluding hydrogens is 262 g/mol. The first-order valence-corrected chi connectivity index (χ1v) is 6.95. The molecular formula is C14H13NO3S. The molecule has 1 amide bonds. The van der Waals surface area contributed by atoms with Crippen molar-refractivity contribution in [3.63, 3.8) is 0 Å². The van der Waals surface area contributed by atoms with Gasteiger partial charge in [0.2, 0.25) is 0 Å². The summed E-state index contributed by atoms with van der Waals surface area (Å²) >= 11 is 1.41. The second-order valence-electron chi connectivity index (χ2n) is 4.14. The highest BCUT2D eigenvalue weighted by atomic mass is 32.1. The molecule has 1 aliphatic rings. The Labute approximate surface area is 115 Å². The van der Waals surface area contributed by atoms with Crippen LogP contribution < -0.4 is 14.8 Å². The fourth-order valence-electron chi connectivity index (χ4n) is 1.84. The second-order valence-corrected chi connectivity index (χ2v) is 5.09. The Bertz CT molecular complexity index is 580. The number of hydrogen-bond acceptors (Lipinski definition) is 4. The van der Waals surface area contributed by atoms with Gasteiger partial charge in [0, 0.05) is 18.2 Å². The Hall–Kier alpha value is -2.01. The van der Waals surface area contributed by atoms with Gasteiger partial charge in [0.25, 0.3) is 5.91 Å². The van der Waals surface area contributed by atoms with Gasteiger partial charge in [0.1, 0.15) is 0 Å². The zero-order valence-electron chi connectivity index (χ0n) is 10.2. The molecule has 98 valence electrons. The number of ether oxygens (including phenoxy) is 2. The smallest absolute Gasteiger partial charge is 0.265 e. The molecule has 1 N–H and O–H groups in total. The second kappa shape index (κ2) is 5.32. The molecule has 1 aromatic carbocycles. The van der Waals surface area contributed by atoms with Crippen molar-refractivity contribution in [2.45, 2.75) is 6.42 Å². The first-order valence-electron chi connectivity index (χ1n) is 6.07. The van der Waals surface area contributed by atoms with E-state index in [1.807, 2.05) is 23.6 Å². The number of hydrogen-bond donors (Lipinski definition) is 1. The summed E-state index contributed by atoms with van der Waals surface area (Å²) in [7, 11) is 0. The molecule has 0 fully saturated rings. The van der Waals surface area contributed by atoms with Gasteiger partial charge in [0.15, 0.2) is 11.5 Å². The van der Waals surface area contributed by atoms with Crippen LogP contribution >= 0.6 is 11.3 Å². The Kier molecular flexibility index (Phi) is 3.37. The van der Waals surface area contributed by atoms with Gasteiger partial charge in [-0.25, -0.2) is 0 Å². The molecule has 2 aromatic rings. The van der Waals surface area contributed by atoms with Crippen LogP contribution in [0.3, 0.4) is 0 Å². The van der Waals surface area contributed by atoms with Crippen LogP contribution in [0.25, 0.3) is 0 Å². The average molecular weight is 275 g/mol. The number of amides is 1. The predicted molar refractivity (Wildman–Crippen MR) is 74.3 cm³/mol. The highest BCUT2D eigenvalue weighted by Gasteiger charge is 2.12. The summed E-state index contributed by atoms with van der Waals surface area (Å²) in [6.45, 7) is 1.29. The molecule has 0 radical (unpaired) electrons. The van der Waals surface area contributed by atoms with E-state index >= 15 is 0 Å². The lowest BCUT2D eigenvalue weighted by Gasteiger charge is -2.09. The summed E-state index contributed by atoms with van der Waals surface area (Å²) in [5.74, 6) is 1.30. The quantitative estimate of drug-likeness (QED) is 0.915. The normalized spacial score (nSPS) is 13.7. The van der Waals surface area contributed by atoms with Gasteiger partial charge >= 0.3 is 0 Å². The van der Waals surface area contributed by atoms with Gasteiger partial charge in [-0.05, 0) is 23.6 Å². The molecule has 0 atom stereocenters. The van der Waals surface area contributed by atoms with Gasteiger partial charge in [-0.2, -0.15) is 0 Å². The molecule has 0 bridgehead atoms. The highest BCUT2D eigenvalue weighted by Crippen LogP contribution is 2.32. The maximum atomic E-state index is 11.9. The van der Waals surface area contributed by atoms with Crippen molar-refractivity contribution in [1.82, 2.24) is 0 Å². The van der Waals surface area contributed by atoms with Gasteiger partial charge in [-0.15, -0.1) is 11.3 Å². The lowest BCUT2D eigenvalue weighted by Crippen LogP contribution is -2.10. The van der Waals surface area contributed by atoms with E-state index < -0.39 is 0 Å². The third kappa shape index (κ3) is 2.71. The van der Waals surface area contributed by atoms with Crippen molar-refractivity contribution in [3.05, 3.63) is 40.6 Å². The average Bonchev–Trinajstić information content (AvgIpc) is 2.85. The van der Waals surface area contributed by atoms with Crippen molar-refractivity contribution in [2.24, 2.45) is 0 Å². The van der Waals surface area contributed by atoms with Crippen molar-refractivity contribution < 1.29 is 14.3 Å². The minimum atomic E-state index is -0.107. The molecule has 5 heteroatoms. The lowest BCUT2D eigenvalue weighted by molar-refractivity contribution is 0.103. The van der Waals surface area contributed by atoms with Gasteiger partial charge in [-0.3, -0.25) is 4.79 Å². The molecule has 1 aliphatic heterocycles. The molecule has 0 spiro atoms. The highest BCUT2D eigenvalue weighted by molar-refractivity contribution is 7.12. The zero-order valence-corrected chi connectivity index (χ0v) is 11.0. The Morgan fingerprint density at radius 2 is 2.00 bits per heavy atom. The summed E-state index contributed by atoms with van der Waals surface area (Å²) in [4.78, 5) is 12.6. The Balaban J connectivity index is 1.78. The monoisotopic (exact) mass is 275 g/mol. The molecule has 0 aliphatic carbocycles. The number of fused-ring (bicyclic) bond motifs is 1. The zero-order chi connectivity index (χ0) is 13.1. The maximum Gasteiger partial charge on any atom is 0.265 e. The lowest BCUT2D eigenvalue weighted by atomic mass is 10.2. The van der Waals surface area contributed by atoms with Crippen LogP contribution in [-0.4, -0.2) is 19.1 Å². The van der Waals surface area contributed by atoms with Crippen LogP contribution in [0.4, 0.5) is 5.69 Å². The third-order valence-corrected chi connectivity index (χ3v) is 3.62. The van der Waals surface area contributed by atoms with Gasteiger partial charge < -0.3 is 14.8 Å². The first kappa shape index (κ1) is 12.0. The summed E-state index contributed by atoms with van der Waals surface area (Å²) < 4.78 is 11.1. The van der Waals surface area contributed by atoms with Gasteiger partial charge in [-0.1, -0.05) is 6.07 Å². The SMILES string of the molecule is O=C(Nc1ccc2c(c1)OCCCO2)c1cccs1. The molecule has 0 unspecified atom stereocenters. The van der Waals surface area contributed by atoms with Crippen LogP contribution in [0.1, 0.15) is 16.1 Å². The molecule has 1 aromatic heterocycles. The summed E-state index contributed by atoms with van der Waals surface area (Å²) in [6, 6.07) is 9.09.